The number of nitrogens with one attached hydrogen (secondary N) is 1. The minimum atomic E-state index is -4.26. The Bertz CT molecular complexity index is 1460. The van der Waals surface area contributed by atoms with E-state index in [2.05, 4.69) is 14.9 Å². The summed E-state index contributed by atoms with van der Waals surface area (Å²) in [4.78, 5) is 31.6. The molecular formula is C24H28FN5O8S. The van der Waals surface area contributed by atoms with Crippen molar-refractivity contribution in [3.8, 4) is 5.69 Å². The molecule has 1 aromatic heterocycles. The summed E-state index contributed by atoms with van der Waals surface area (Å²) in [6, 6.07) is 8.95. The maximum atomic E-state index is 15.2. The number of carbonyl (C=O) groups excluding carboxylic acids is 2. The lowest BCUT2D eigenvalue weighted by Gasteiger charge is -2.11. The van der Waals surface area contributed by atoms with Crippen LogP contribution in [-0.2, 0) is 42.2 Å². The number of aromatic nitrogens is 3. The minimum Gasteiger partial charge on any atom is -0.457 e. The lowest BCUT2D eigenvalue weighted by Crippen LogP contribution is -2.28. The molecule has 2 aromatic carbocycles. The molecular weight excluding hydrogens is 537 g/mol. The summed E-state index contributed by atoms with van der Waals surface area (Å²) in [5.41, 5.74) is 2.77. The number of hydrogen-bond donors (Lipinski definition) is 3. The van der Waals surface area contributed by atoms with E-state index in [9.17, 15) is 18.0 Å². The van der Waals surface area contributed by atoms with Crippen molar-refractivity contribution in [1.29, 1.82) is 0 Å². The van der Waals surface area contributed by atoms with Crippen molar-refractivity contribution in [3.63, 3.8) is 0 Å². The van der Waals surface area contributed by atoms with Crippen LogP contribution >= 0.6 is 0 Å². The SMILES string of the molecule is CC(=O)NS(=O)(=O)c1ccc(-n2nc(COC(=O)CCCON(O)O)nc2Cc2cc(C)ccc2C)c(F)c1. The van der Waals surface area contributed by atoms with Crippen molar-refractivity contribution < 1.29 is 42.4 Å². The third kappa shape index (κ3) is 8.36. The van der Waals surface area contributed by atoms with Crippen LogP contribution in [0.15, 0.2) is 41.3 Å². The van der Waals surface area contributed by atoms with Gasteiger partial charge in [0.2, 0.25) is 5.91 Å². The molecule has 0 aliphatic heterocycles. The fraction of sp³-hybridized carbons (Fsp3) is 0.333. The largest absolute Gasteiger partial charge is 0.457 e. The number of nitrogens with zero attached hydrogens (tertiary/aromatic N) is 4. The van der Waals surface area contributed by atoms with Gasteiger partial charge in [0, 0.05) is 19.8 Å². The van der Waals surface area contributed by atoms with Crippen LogP contribution in [0.25, 0.3) is 5.69 Å². The van der Waals surface area contributed by atoms with Crippen LogP contribution in [0.1, 0.15) is 48.1 Å². The summed E-state index contributed by atoms with van der Waals surface area (Å²) < 4.78 is 48.0. The molecule has 0 saturated heterocycles. The molecule has 15 heteroatoms. The molecule has 3 aromatic rings. The van der Waals surface area contributed by atoms with Gasteiger partial charge in [0.15, 0.2) is 12.4 Å². The average Bonchev–Trinajstić information content (AvgIpc) is 3.24. The lowest BCUT2D eigenvalue weighted by atomic mass is 10.0. The van der Waals surface area contributed by atoms with Crippen molar-refractivity contribution >= 4 is 21.9 Å². The average molecular weight is 566 g/mol. The first kappa shape index (κ1) is 29.8. The molecule has 39 heavy (non-hydrogen) atoms. The Balaban J connectivity index is 1.89. The number of esters is 1. The summed E-state index contributed by atoms with van der Waals surface area (Å²) in [5.74, 6) is -1.98. The number of ether oxygens (including phenoxy) is 1. The van der Waals surface area contributed by atoms with E-state index >= 15 is 4.39 Å². The van der Waals surface area contributed by atoms with Gasteiger partial charge in [0.1, 0.15) is 17.3 Å². The second-order valence-electron chi connectivity index (χ2n) is 8.59. The van der Waals surface area contributed by atoms with Crippen molar-refractivity contribution in [1.82, 2.24) is 24.9 Å². The third-order valence-electron chi connectivity index (χ3n) is 5.40. The molecule has 0 aliphatic rings. The zero-order chi connectivity index (χ0) is 28.7. The standard InChI is InChI=1S/C24H28FN5O8S/c1-15-6-7-16(2)18(11-15)12-23-26-22(14-37-24(32)5-4-10-38-30(33)34)27-29(23)21-9-8-19(13-20(21)25)39(35,36)28-17(3)31/h6-9,11,13,33-34H,4-5,10,12,14H2,1-3H3,(H,28,31). The molecule has 13 nitrogen and oxygen atoms in total. The minimum absolute atomic E-state index is 0.0751. The summed E-state index contributed by atoms with van der Waals surface area (Å²) in [7, 11) is -4.26. The zero-order valence-corrected chi connectivity index (χ0v) is 22.2. The molecule has 0 bridgehead atoms. The third-order valence-corrected chi connectivity index (χ3v) is 6.83. The van der Waals surface area contributed by atoms with Crippen LogP contribution < -0.4 is 4.72 Å². The first-order chi connectivity index (χ1) is 18.4. The van der Waals surface area contributed by atoms with Crippen LogP contribution in [0.5, 0.6) is 0 Å². The van der Waals surface area contributed by atoms with Crippen LogP contribution in [0, 0.1) is 19.7 Å². The highest BCUT2D eigenvalue weighted by molar-refractivity contribution is 7.90. The summed E-state index contributed by atoms with van der Waals surface area (Å²) in [6.07, 6.45) is 0.313. The Labute approximate surface area is 223 Å². The molecule has 0 saturated carbocycles. The van der Waals surface area contributed by atoms with Gasteiger partial charge in [0.25, 0.3) is 10.0 Å². The number of carbonyl (C=O) groups is 2. The fourth-order valence-corrected chi connectivity index (χ4v) is 4.58. The molecule has 0 atom stereocenters. The number of aryl methyl sites for hydroxylation is 2. The maximum absolute atomic E-state index is 15.2. The van der Waals surface area contributed by atoms with E-state index in [1.54, 1.807) is 4.72 Å². The highest BCUT2D eigenvalue weighted by Gasteiger charge is 2.21. The molecule has 1 amide bonds. The summed E-state index contributed by atoms with van der Waals surface area (Å²) in [5, 5.41) is 20.8. The van der Waals surface area contributed by atoms with Crippen molar-refractivity contribution in [2.24, 2.45) is 0 Å². The van der Waals surface area contributed by atoms with Crippen LogP contribution in [0.4, 0.5) is 4.39 Å². The predicted molar refractivity (Wildman–Crippen MR) is 131 cm³/mol. The molecule has 0 aliphatic carbocycles. The molecule has 3 N–H and O–H groups in total. The quantitative estimate of drug-likeness (QED) is 0.167. The lowest BCUT2D eigenvalue weighted by molar-refractivity contribution is -0.492. The van der Waals surface area contributed by atoms with Crippen molar-refractivity contribution in [3.05, 3.63) is 70.6 Å². The van der Waals surface area contributed by atoms with E-state index in [-0.39, 0.29) is 44.0 Å². The predicted octanol–water partition coefficient (Wildman–Crippen LogP) is 2.27. The zero-order valence-electron chi connectivity index (χ0n) is 21.4. The van der Waals surface area contributed by atoms with E-state index in [4.69, 9.17) is 15.2 Å². The van der Waals surface area contributed by atoms with E-state index < -0.39 is 38.0 Å². The monoisotopic (exact) mass is 565 g/mol. The molecule has 0 radical (unpaired) electrons. The maximum Gasteiger partial charge on any atom is 0.306 e. The molecule has 210 valence electrons. The van der Waals surface area contributed by atoms with Gasteiger partial charge in [-0.25, -0.2) is 27.2 Å². The van der Waals surface area contributed by atoms with Crippen molar-refractivity contribution in [2.45, 2.75) is 51.5 Å². The normalized spacial score (nSPS) is 11.6. The number of hydrogen-bond acceptors (Lipinski definition) is 11. The molecule has 3 rings (SSSR count). The van der Waals surface area contributed by atoms with Gasteiger partial charge in [0.05, 0.1) is 16.9 Å². The highest BCUT2D eigenvalue weighted by Crippen LogP contribution is 2.22. The Hall–Kier alpha value is -3.76. The number of halogens is 1. The molecule has 1 heterocycles. The van der Waals surface area contributed by atoms with E-state index in [0.717, 1.165) is 35.7 Å². The van der Waals surface area contributed by atoms with E-state index in [0.29, 0.717) is 5.82 Å². The Morgan fingerprint density at radius 2 is 1.90 bits per heavy atom. The Morgan fingerprint density at radius 3 is 2.56 bits per heavy atom. The van der Waals surface area contributed by atoms with Gasteiger partial charge < -0.3 is 4.74 Å². The smallest absolute Gasteiger partial charge is 0.306 e. The Morgan fingerprint density at radius 1 is 1.15 bits per heavy atom. The van der Waals surface area contributed by atoms with Crippen LogP contribution in [-0.4, -0.2) is 57.5 Å². The highest BCUT2D eigenvalue weighted by atomic mass is 32.2. The van der Waals surface area contributed by atoms with Crippen molar-refractivity contribution in [2.75, 3.05) is 6.61 Å². The number of sulfonamides is 1. The Kier molecular flexibility index (Phi) is 9.82. The summed E-state index contributed by atoms with van der Waals surface area (Å²) >= 11 is 0. The summed E-state index contributed by atoms with van der Waals surface area (Å²) in [6.45, 7) is 4.40. The number of amides is 1. The van der Waals surface area contributed by atoms with Gasteiger partial charge in [-0.3, -0.25) is 24.8 Å². The molecule has 0 fully saturated rings. The second kappa shape index (κ2) is 12.9. The van der Waals surface area contributed by atoms with Gasteiger partial charge in [-0.05, 0) is 49.6 Å². The number of rotatable bonds is 12. The first-order valence-corrected chi connectivity index (χ1v) is 13.1. The van der Waals surface area contributed by atoms with Crippen LogP contribution in [0.3, 0.4) is 0 Å². The van der Waals surface area contributed by atoms with Gasteiger partial charge in [-0.15, -0.1) is 5.10 Å². The molecule has 0 spiro atoms. The van der Waals surface area contributed by atoms with Gasteiger partial charge >= 0.3 is 5.97 Å². The first-order valence-electron chi connectivity index (χ1n) is 11.7. The molecule has 0 unspecified atom stereocenters. The van der Waals surface area contributed by atoms with Crippen LogP contribution in [0.2, 0.25) is 0 Å². The fourth-order valence-electron chi connectivity index (χ4n) is 3.58. The number of benzene rings is 2. The van der Waals surface area contributed by atoms with Gasteiger partial charge in [-0.1, -0.05) is 23.8 Å². The van der Waals surface area contributed by atoms with E-state index in [1.165, 1.54) is 10.7 Å². The van der Waals surface area contributed by atoms with E-state index in [1.807, 2.05) is 32.0 Å². The topological polar surface area (TPSA) is 173 Å². The second-order valence-corrected chi connectivity index (χ2v) is 10.3. The van der Waals surface area contributed by atoms with Gasteiger partial charge in [-0.2, -0.15) is 0 Å².